The number of benzene rings is 1. The SMILES string of the molecule is CC(C)C(C)NCCS(=O)(=O)c1cccc(/C(N)=N/O)c1. The van der Waals surface area contributed by atoms with Gasteiger partial charge in [0.25, 0.3) is 0 Å². The molecule has 0 bridgehead atoms. The van der Waals surface area contributed by atoms with Crippen LogP contribution in [0.5, 0.6) is 0 Å². The van der Waals surface area contributed by atoms with Crippen LogP contribution in [0, 0.1) is 5.92 Å². The van der Waals surface area contributed by atoms with Gasteiger partial charge in [0.05, 0.1) is 10.6 Å². The lowest BCUT2D eigenvalue weighted by Gasteiger charge is -2.17. The summed E-state index contributed by atoms with van der Waals surface area (Å²) >= 11 is 0. The second kappa shape index (κ2) is 7.42. The molecule has 1 aromatic rings. The first-order valence-corrected chi connectivity index (χ1v) is 8.47. The van der Waals surface area contributed by atoms with Gasteiger partial charge < -0.3 is 16.3 Å². The average molecular weight is 313 g/mol. The number of hydrogen-bond donors (Lipinski definition) is 3. The van der Waals surface area contributed by atoms with E-state index in [4.69, 9.17) is 10.9 Å². The van der Waals surface area contributed by atoms with Crippen molar-refractivity contribution >= 4 is 15.7 Å². The summed E-state index contributed by atoms with van der Waals surface area (Å²) < 4.78 is 24.5. The van der Waals surface area contributed by atoms with Crippen LogP contribution in [0.2, 0.25) is 0 Å². The van der Waals surface area contributed by atoms with Gasteiger partial charge in [0, 0.05) is 18.2 Å². The van der Waals surface area contributed by atoms with Crippen molar-refractivity contribution in [3.63, 3.8) is 0 Å². The molecule has 0 saturated carbocycles. The van der Waals surface area contributed by atoms with Crippen LogP contribution in [0.3, 0.4) is 0 Å². The van der Waals surface area contributed by atoms with E-state index in [-0.39, 0.29) is 22.5 Å². The largest absolute Gasteiger partial charge is 0.409 e. The van der Waals surface area contributed by atoms with E-state index in [9.17, 15) is 8.42 Å². The fourth-order valence-electron chi connectivity index (χ4n) is 1.68. The smallest absolute Gasteiger partial charge is 0.179 e. The zero-order chi connectivity index (χ0) is 16.0. The van der Waals surface area contributed by atoms with Crippen molar-refractivity contribution in [1.82, 2.24) is 5.32 Å². The van der Waals surface area contributed by atoms with Gasteiger partial charge >= 0.3 is 0 Å². The maximum Gasteiger partial charge on any atom is 0.179 e. The summed E-state index contributed by atoms with van der Waals surface area (Å²) in [6.07, 6.45) is 0. The zero-order valence-electron chi connectivity index (χ0n) is 12.6. The van der Waals surface area contributed by atoms with Gasteiger partial charge in [-0.1, -0.05) is 31.1 Å². The monoisotopic (exact) mass is 313 g/mol. The van der Waals surface area contributed by atoms with E-state index in [1.807, 2.05) is 6.92 Å². The summed E-state index contributed by atoms with van der Waals surface area (Å²) in [5.41, 5.74) is 5.85. The Labute approximate surface area is 126 Å². The van der Waals surface area contributed by atoms with Crippen molar-refractivity contribution in [2.24, 2.45) is 16.8 Å². The molecule has 0 fully saturated rings. The van der Waals surface area contributed by atoms with Gasteiger partial charge in [-0.3, -0.25) is 0 Å². The summed E-state index contributed by atoms with van der Waals surface area (Å²) in [5, 5.41) is 14.7. The molecule has 0 radical (unpaired) electrons. The summed E-state index contributed by atoms with van der Waals surface area (Å²) in [4.78, 5) is 0.172. The van der Waals surface area contributed by atoms with Crippen LogP contribution in [-0.2, 0) is 9.84 Å². The van der Waals surface area contributed by atoms with Crippen LogP contribution in [0.15, 0.2) is 34.3 Å². The first-order valence-electron chi connectivity index (χ1n) is 6.82. The number of hydrogen-bond acceptors (Lipinski definition) is 5. The number of nitrogens with zero attached hydrogens (tertiary/aromatic N) is 1. The zero-order valence-corrected chi connectivity index (χ0v) is 13.4. The van der Waals surface area contributed by atoms with Crippen molar-refractivity contribution in [2.75, 3.05) is 12.3 Å². The Morgan fingerprint density at radius 1 is 1.38 bits per heavy atom. The summed E-state index contributed by atoms with van der Waals surface area (Å²) in [5.74, 6) is 0.333. The third-order valence-corrected chi connectivity index (χ3v) is 5.15. The number of oxime groups is 1. The molecule has 1 unspecified atom stereocenters. The van der Waals surface area contributed by atoms with Crippen molar-refractivity contribution in [1.29, 1.82) is 0 Å². The molecule has 0 amide bonds. The number of rotatable bonds is 7. The van der Waals surface area contributed by atoms with E-state index in [2.05, 4.69) is 24.3 Å². The van der Waals surface area contributed by atoms with Crippen molar-refractivity contribution < 1.29 is 13.6 Å². The van der Waals surface area contributed by atoms with Gasteiger partial charge in [0.15, 0.2) is 15.7 Å². The molecule has 1 rings (SSSR count). The number of sulfone groups is 1. The van der Waals surface area contributed by atoms with Crippen LogP contribution < -0.4 is 11.1 Å². The second-order valence-corrected chi connectivity index (χ2v) is 7.43. The normalized spacial score (nSPS) is 14.4. The molecule has 0 saturated heterocycles. The molecular weight excluding hydrogens is 290 g/mol. The minimum atomic E-state index is -3.40. The summed E-state index contributed by atoms with van der Waals surface area (Å²) in [6, 6.07) is 6.34. The molecular formula is C14H23N3O3S. The Morgan fingerprint density at radius 2 is 2.05 bits per heavy atom. The van der Waals surface area contributed by atoms with E-state index >= 15 is 0 Å². The quantitative estimate of drug-likeness (QED) is 0.303. The molecule has 21 heavy (non-hydrogen) atoms. The Balaban J connectivity index is 2.79. The standard InChI is InChI=1S/C14H23N3O3S/c1-10(2)11(3)16-7-8-21(19,20)13-6-4-5-12(9-13)14(15)17-18/h4-6,9-11,16,18H,7-8H2,1-3H3,(H2,15,17). The number of nitrogens with two attached hydrogens (primary N) is 1. The topological polar surface area (TPSA) is 105 Å². The van der Waals surface area contributed by atoms with Gasteiger partial charge in [0.2, 0.25) is 0 Å². The van der Waals surface area contributed by atoms with Gasteiger partial charge in [-0.2, -0.15) is 0 Å². The van der Waals surface area contributed by atoms with Gasteiger partial charge in [-0.05, 0) is 25.0 Å². The Bertz CT molecular complexity index is 597. The summed E-state index contributed by atoms with van der Waals surface area (Å²) in [7, 11) is -3.40. The fourth-order valence-corrected chi connectivity index (χ4v) is 2.90. The maximum atomic E-state index is 12.3. The summed E-state index contributed by atoms with van der Waals surface area (Å²) in [6.45, 7) is 6.56. The number of amidine groups is 1. The lowest BCUT2D eigenvalue weighted by Crippen LogP contribution is -2.34. The predicted molar refractivity (Wildman–Crippen MR) is 83.3 cm³/mol. The molecule has 118 valence electrons. The molecule has 0 aliphatic rings. The highest BCUT2D eigenvalue weighted by Gasteiger charge is 2.16. The molecule has 1 aromatic carbocycles. The second-order valence-electron chi connectivity index (χ2n) is 5.32. The first-order chi connectivity index (χ1) is 9.77. The Morgan fingerprint density at radius 3 is 2.62 bits per heavy atom. The van der Waals surface area contributed by atoms with E-state index in [0.29, 0.717) is 18.0 Å². The van der Waals surface area contributed by atoms with E-state index in [1.54, 1.807) is 12.1 Å². The van der Waals surface area contributed by atoms with Crippen LogP contribution in [-0.4, -0.2) is 37.8 Å². The molecule has 0 heterocycles. The van der Waals surface area contributed by atoms with Crippen molar-refractivity contribution in [2.45, 2.75) is 31.7 Å². The van der Waals surface area contributed by atoms with E-state index in [1.165, 1.54) is 12.1 Å². The molecule has 6 nitrogen and oxygen atoms in total. The molecule has 1 atom stereocenters. The lowest BCUT2D eigenvalue weighted by molar-refractivity contribution is 0.318. The molecule has 4 N–H and O–H groups in total. The van der Waals surface area contributed by atoms with Crippen LogP contribution in [0.1, 0.15) is 26.3 Å². The lowest BCUT2D eigenvalue weighted by atomic mass is 10.1. The molecule has 0 aliphatic carbocycles. The third-order valence-electron chi connectivity index (χ3n) is 3.43. The van der Waals surface area contributed by atoms with Gasteiger partial charge in [-0.15, -0.1) is 0 Å². The maximum absolute atomic E-state index is 12.3. The molecule has 0 aromatic heterocycles. The van der Waals surface area contributed by atoms with Crippen molar-refractivity contribution in [3.05, 3.63) is 29.8 Å². The average Bonchev–Trinajstić information content (AvgIpc) is 2.46. The van der Waals surface area contributed by atoms with E-state index < -0.39 is 9.84 Å². The minimum Gasteiger partial charge on any atom is -0.409 e. The molecule has 0 spiro atoms. The minimum absolute atomic E-state index is 0.00366. The van der Waals surface area contributed by atoms with E-state index in [0.717, 1.165) is 0 Å². The molecule has 0 aliphatic heterocycles. The van der Waals surface area contributed by atoms with Gasteiger partial charge in [0.1, 0.15) is 0 Å². The van der Waals surface area contributed by atoms with Crippen LogP contribution >= 0.6 is 0 Å². The Hall–Kier alpha value is -1.60. The Kier molecular flexibility index (Phi) is 6.17. The van der Waals surface area contributed by atoms with Crippen molar-refractivity contribution in [3.8, 4) is 0 Å². The highest BCUT2D eigenvalue weighted by atomic mass is 32.2. The first kappa shape index (κ1) is 17.5. The highest BCUT2D eigenvalue weighted by Crippen LogP contribution is 2.13. The highest BCUT2D eigenvalue weighted by molar-refractivity contribution is 7.91. The fraction of sp³-hybridized carbons (Fsp3) is 0.500. The third kappa shape index (κ3) is 5.02. The molecule has 7 heteroatoms. The number of nitrogens with one attached hydrogen (secondary N) is 1. The van der Waals surface area contributed by atoms with Gasteiger partial charge in [-0.25, -0.2) is 8.42 Å². The predicted octanol–water partition coefficient (Wildman–Crippen LogP) is 1.19. The van der Waals surface area contributed by atoms with Crippen LogP contribution in [0.4, 0.5) is 0 Å². The van der Waals surface area contributed by atoms with Crippen LogP contribution in [0.25, 0.3) is 0 Å².